The van der Waals surface area contributed by atoms with Crippen LogP contribution in [-0.2, 0) is 17.7 Å². The van der Waals surface area contributed by atoms with Crippen LogP contribution in [0.3, 0.4) is 0 Å². The number of aryl methyl sites for hydroxylation is 2. The van der Waals surface area contributed by atoms with Gasteiger partial charge in [-0.1, -0.05) is 11.6 Å². The van der Waals surface area contributed by atoms with Crippen LogP contribution >= 0.6 is 11.6 Å². The molecule has 0 saturated heterocycles. The molecule has 0 bridgehead atoms. The van der Waals surface area contributed by atoms with Crippen molar-refractivity contribution in [3.63, 3.8) is 0 Å². The van der Waals surface area contributed by atoms with Crippen molar-refractivity contribution in [3.05, 3.63) is 16.4 Å². The van der Waals surface area contributed by atoms with Gasteiger partial charge in [0.15, 0.2) is 0 Å². The molecule has 2 N–H and O–H groups in total. The molecule has 0 amide bonds. The van der Waals surface area contributed by atoms with Crippen molar-refractivity contribution in [2.24, 2.45) is 5.73 Å². The van der Waals surface area contributed by atoms with E-state index in [0.717, 1.165) is 35.8 Å². The van der Waals surface area contributed by atoms with Crippen molar-refractivity contribution in [2.45, 2.75) is 58.7 Å². The molecule has 5 heteroatoms. The van der Waals surface area contributed by atoms with E-state index in [1.807, 2.05) is 25.5 Å². The average molecular weight is 274 g/mol. The molecule has 0 aromatic carbocycles. The predicted molar refractivity (Wildman–Crippen MR) is 75.0 cm³/mol. The summed E-state index contributed by atoms with van der Waals surface area (Å²) in [5.74, 6) is 0. The summed E-state index contributed by atoms with van der Waals surface area (Å²) in [6, 6.07) is 0.0128. The highest BCUT2D eigenvalue weighted by Gasteiger charge is 2.23. The Morgan fingerprint density at radius 3 is 2.61 bits per heavy atom. The Hall–Kier alpha value is -0.580. The third-order valence-corrected chi connectivity index (χ3v) is 3.71. The molecule has 1 rings (SSSR count). The maximum Gasteiger partial charge on any atom is 0.0847 e. The van der Waals surface area contributed by atoms with Crippen LogP contribution in [0.15, 0.2) is 0 Å². The second-order valence-corrected chi connectivity index (χ2v) is 5.67. The Balaban J connectivity index is 2.78. The summed E-state index contributed by atoms with van der Waals surface area (Å²) in [7, 11) is 1.71. The molecule has 0 aliphatic carbocycles. The van der Waals surface area contributed by atoms with E-state index < -0.39 is 0 Å². The normalized spacial score (nSPS) is 13.9. The van der Waals surface area contributed by atoms with Gasteiger partial charge in [-0.25, -0.2) is 0 Å². The summed E-state index contributed by atoms with van der Waals surface area (Å²) in [4.78, 5) is 0. The topological polar surface area (TPSA) is 53.1 Å². The molecule has 18 heavy (non-hydrogen) atoms. The van der Waals surface area contributed by atoms with Gasteiger partial charge >= 0.3 is 0 Å². The largest absolute Gasteiger partial charge is 0.379 e. The van der Waals surface area contributed by atoms with Crippen LogP contribution in [0.1, 0.15) is 38.6 Å². The average Bonchev–Trinajstić information content (AvgIpc) is 2.56. The van der Waals surface area contributed by atoms with Crippen LogP contribution in [0.2, 0.25) is 5.02 Å². The summed E-state index contributed by atoms with van der Waals surface area (Å²) in [5.41, 5.74) is 7.87. The van der Waals surface area contributed by atoms with Crippen LogP contribution in [0.4, 0.5) is 0 Å². The van der Waals surface area contributed by atoms with Crippen molar-refractivity contribution < 1.29 is 4.74 Å². The highest BCUT2D eigenvalue weighted by molar-refractivity contribution is 6.31. The predicted octanol–water partition coefficient (Wildman–Crippen LogP) is 2.55. The fourth-order valence-corrected chi connectivity index (χ4v) is 2.31. The zero-order valence-corrected chi connectivity index (χ0v) is 12.7. The second kappa shape index (κ2) is 6.04. The first-order chi connectivity index (χ1) is 8.30. The van der Waals surface area contributed by atoms with Gasteiger partial charge in [0.05, 0.1) is 22.0 Å². The van der Waals surface area contributed by atoms with Gasteiger partial charge < -0.3 is 10.5 Å². The van der Waals surface area contributed by atoms with Gasteiger partial charge in [0.1, 0.15) is 0 Å². The third-order valence-electron chi connectivity index (χ3n) is 3.21. The molecule has 1 aromatic rings. The van der Waals surface area contributed by atoms with Crippen molar-refractivity contribution in [1.29, 1.82) is 0 Å². The number of hydrogen-bond donors (Lipinski definition) is 1. The monoisotopic (exact) mass is 273 g/mol. The number of methoxy groups -OCH3 is 1. The summed E-state index contributed by atoms with van der Waals surface area (Å²) in [5, 5.41) is 5.13. The van der Waals surface area contributed by atoms with Crippen LogP contribution in [-0.4, -0.2) is 28.5 Å². The van der Waals surface area contributed by atoms with E-state index in [1.54, 1.807) is 7.11 Å². The molecule has 4 nitrogen and oxygen atoms in total. The summed E-state index contributed by atoms with van der Waals surface area (Å²) < 4.78 is 7.33. The lowest BCUT2D eigenvalue weighted by Gasteiger charge is -2.26. The van der Waals surface area contributed by atoms with Gasteiger partial charge in [-0.3, -0.25) is 4.68 Å². The van der Waals surface area contributed by atoms with Crippen molar-refractivity contribution in [2.75, 3.05) is 7.11 Å². The molecule has 0 radical (unpaired) electrons. The smallest absolute Gasteiger partial charge is 0.0847 e. The van der Waals surface area contributed by atoms with Crippen LogP contribution < -0.4 is 5.73 Å². The van der Waals surface area contributed by atoms with E-state index in [9.17, 15) is 0 Å². The number of hydrogen-bond acceptors (Lipinski definition) is 3. The van der Waals surface area contributed by atoms with E-state index in [0.29, 0.717) is 0 Å². The quantitative estimate of drug-likeness (QED) is 0.867. The van der Waals surface area contributed by atoms with Crippen LogP contribution in [0.5, 0.6) is 0 Å². The lowest BCUT2D eigenvalue weighted by atomic mass is 9.96. The summed E-state index contributed by atoms with van der Waals surface area (Å²) in [6.45, 7) is 8.86. The maximum atomic E-state index is 6.27. The number of rotatable bonds is 6. The first-order valence-electron chi connectivity index (χ1n) is 6.33. The molecular weight excluding hydrogens is 250 g/mol. The van der Waals surface area contributed by atoms with E-state index in [4.69, 9.17) is 22.1 Å². The standard InChI is InChI=1S/C13H24ClN3O/c1-6-17-11(12(14)9(2)16-17)7-10(15)8-13(3,4)18-5/h10H,6-8,15H2,1-5H3. The molecule has 0 spiro atoms. The van der Waals surface area contributed by atoms with Gasteiger partial charge in [0, 0.05) is 26.1 Å². The fourth-order valence-electron chi connectivity index (χ4n) is 2.10. The Labute approximate surface area is 114 Å². The zero-order valence-electron chi connectivity index (χ0n) is 12.0. The molecular formula is C13H24ClN3O. The lowest BCUT2D eigenvalue weighted by molar-refractivity contribution is 0.0101. The Bertz CT molecular complexity index is 401. The number of nitrogens with zero attached hydrogens (tertiary/aromatic N) is 2. The molecule has 1 unspecified atom stereocenters. The minimum atomic E-state index is -0.210. The zero-order chi connectivity index (χ0) is 13.9. The molecule has 0 fully saturated rings. The highest BCUT2D eigenvalue weighted by Crippen LogP contribution is 2.23. The molecule has 1 aromatic heterocycles. The Morgan fingerprint density at radius 1 is 1.50 bits per heavy atom. The van der Waals surface area contributed by atoms with Gasteiger partial charge in [0.2, 0.25) is 0 Å². The second-order valence-electron chi connectivity index (χ2n) is 5.29. The maximum absolute atomic E-state index is 6.27. The molecule has 0 aliphatic rings. The van der Waals surface area contributed by atoms with Crippen LogP contribution in [0, 0.1) is 6.92 Å². The van der Waals surface area contributed by atoms with E-state index in [-0.39, 0.29) is 11.6 Å². The van der Waals surface area contributed by atoms with Crippen molar-refractivity contribution in [1.82, 2.24) is 9.78 Å². The molecule has 104 valence electrons. The SMILES string of the molecule is CCn1nc(C)c(Cl)c1CC(N)CC(C)(C)OC. The number of aromatic nitrogens is 2. The minimum Gasteiger partial charge on any atom is -0.379 e. The lowest BCUT2D eigenvalue weighted by Crippen LogP contribution is -2.35. The first-order valence-corrected chi connectivity index (χ1v) is 6.71. The molecule has 0 saturated carbocycles. The third kappa shape index (κ3) is 3.70. The van der Waals surface area contributed by atoms with Crippen molar-refractivity contribution >= 4 is 11.6 Å². The Kier molecular flexibility index (Phi) is 5.20. The van der Waals surface area contributed by atoms with Gasteiger partial charge in [-0.2, -0.15) is 5.10 Å². The van der Waals surface area contributed by atoms with Gasteiger partial charge in [0.25, 0.3) is 0 Å². The Morgan fingerprint density at radius 2 is 2.11 bits per heavy atom. The van der Waals surface area contributed by atoms with Crippen LogP contribution in [0.25, 0.3) is 0 Å². The molecule has 0 aliphatic heterocycles. The number of ether oxygens (including phenoxy) is 1. The van der Waals surface area contributed by atoms with E-state index in [1.165, 1.54) is 0 Å². The first kappa shape index (κ1) is 15.5. The van der Waals surface area contributed by atoms with E-state index >= 15 is 0 Å². The number of nitrogens with two attached hydrogens (primary N) is 1. The number of halogens is 1. The highest BCUT2D eigenvalue weighted by atomic mass is 35.5. The van der Waals surface area contributed by atoms with Gasteiger partial charge in [-0.05, 0) is 34.1 Å². The minimum absolute atomic E-state index is 0.0128. The fraction of sp³-hybridized carbons (Fsp3) is 0.769. The van der Waals surface area contributed by atoms with Crippen molar-refractivity contribution in [3.8, 4) is 0 Å². The summed E-state index contributed by atoms with van der Waals surface area (Å²) in [6.07, 6.45) is 1.51. The van der Waals surface area contributed by atoms with E-state index in [2.05, 4.69) is 12.0 Å². The summed E-state index contributed by atoms with van der Waals surface area (Å²) >= 11 is 6.27. The molecule has 1 heterocycles. The molecule has 1 atom stereocenters. The van der Waals surface area contributed by atoms with Gasteiger partial charge in [-0.15, -0.1) is 0 Å².